The first-order chi connectivity index (χ1) is 20.2. The summed E-state index contributed by atoms with van der Waals surface area (Å²) in [5.41, 5.74) is 5.14. The van der Waals surface area contributed by atoms with E-state index >= 15 is 0 Å². The Balaban J connectivity index is 0.000000303. The van der Waals surface area contributed by atoms with Gasteiger partial charge in [-0.15, -0.1) is 11.3 Å². The van der Waals surface area contributed by atoms with Crippen LogP contribution in [-0.4, -0.2) is 75.6 Å². The molecule has 230 valence electrons. The second kappa shape index (κ2) is 14.3. The van der Waals surface area contributed by atoms with Gasteiger partial charge in [0.25, 0.3) is 0 Å². The van der Waals surface area contributed by atoms with Crippen molar-refractivity contribution < 1.29 is 46.1 Å². The minimum Gasteiger partial charge on any atom is -0.475 e. The fourth-order valence-corrected chi connectivity index (χ4v) is 4.91. The maximum atomic E-state index is 10.6. The van der Waals surface area contributed by atoms with Crippen molar-refractivity contribution in [2.45, 2.75) is 25.8 Å². The van der Waals surface area contributed by atoms with Gasteiger partial charge in [-0.2, -0.15) is 26.3 Å². The van der Waals surface area contributed by atoms with Gasteiger partial charge in [-0.1, -0.05) is 60.2 Å². The van der Waals surface area contributed by atoms with Gasteiger partial charge in [-0.05, 0) is 18.1 Å². The third-order valence-electron chi connectivity index (χ3n) is 6.12. The van der Waals surface area contributed by atoms with Crippen LogP contribution < -0.4 is 4.90 Å². The summed E-state index contributed by atoms with van der Waals surface area (Å²) in [6.07, 6.45) is -8.45. The zero-order valence-corrected chi connectivity index (χ0v) is 23.4. The Bertz CT molecular complexity index is 1480. The molecule has 0 bridgehead atoms. The maximum absolute atomic E-state index is 10.6. The number of hydrogen-bond acceptors (Lipinski definition) is 7. The number of aliphatic carboxylic acids is 2. The van der Waals surface area contributed by atoms with Gasteiger partial charge in [0.15, 0.2) is 0 Å². The molecule has 2 aromatic carbocycles. The molecular weight excluding hydrogens is 602 g/mol. The van der Waals surface area contributed by atoms with Crippen molar-refractivity contribution in [3.8, 4) is 11.1 Å². The van der Waals surface area contributed by atoms with Crippen LogP contribution in [0.3, 0.4) is 0 Å². The lowest BCUT2D eigenvalue weighted by Gasteiger charge is -2.35. The van der Waals surface area contributed by atoms with Gasteiger partial charge in [0, 0.05) is 43.7 Å². The molecular formula is C28H26F6N4O4S. The lowest BCUT2D eigenvalue weighted by atomic mass is 10.0. The number of hydrogen-bond donors (Lipinski definition) is 2. The lowest BCUT2D eigenvalue weighted by molar-refractivity contribution is -0.193. The number of anilines is 1. The van der Waals surface area contributed by atoms with E-state index in [4.69, 9.17) is 24.8 Å². The van der Waals surface area contributed by atoms with Gasteiger partial charge in [0.2, 0.25) is 0 Å². The first-order valence-electron chi connectivity index (χ1n) is 12.6. The van der Waals surface area contributed by atoms with Crippen molar-refractivity contribution >= 4 is 39.3 Å². The Labute approximate surface area is 245 Å². The minimum atomic E-state index is -5.08. The van der Waals surface area contributed by atoms with E-state index in [1.165, 1.54) is 27.6 Å². The summed E-state index contributed by atoms with van der Waals surface area (Å²) in [4.78, 5) is 33.1. The number of fused-ring (bicyclic) bond motifs is 1. The molecule has 5 rings (SSSR count). The molecule has 0 amide bonds. The summed E-state index contributed by atoms with van der Waals surface area (Å²) in [7, 11) is 0. The van der Waals surface area contributed by atoms with E-state index in [0.717, 1.165) is 43.4 Å². The Hall–Kier alpha value is -4.24. The normalized spacial score (nSPS) is 13.9. The smallest absolute Gasteiger partial charge is 0.475 e. The summed E-state index contributed by atoms with van der Waals surface area (Å²) in [6.45, 7) is 7.21. The Morgan fingerprint density at radius 2 is 1.37 bits per heavy atom. The Morgan fingerprint density at radius 3 is 1.88 bits per heavy atom. The zero-order chi connectivity index (χ0) is 31.8. The van der Waals surface area contributed by atoms with Crippen LogP contribution in [-0.2, 0) is 16.1 Å². The molecule has 0 unspecified atom stereocenters. The summed E-state index contributed by atoms with van der Waals surface area (Å²) in [6, 6.07) is 19.5. The number of aryl methyl sites for hydroxylation is 1. The van der Waals surface area contributed by atoms with Crippen molar-refractivity contribution in [1.82, 2.24) is 14.9 Å². The standard InChI is InChI=1S/C24H24N4S.2C2HF3O2/c1-18-7-9-20(10-8-18)21-16-29-24-22(21)23(25-17-26-24)28-13-11-27(12-14-28)15-19-5-3-2-4-6-19;2*3-2(4,5)1(6)7/h2-10,16-17H,11-15H2,1H3;2*(H,6,7). The summed E-state index contributed by atoms with van der Waals surface area (Å²) in [5.74, 6) is -4.44. The van der Waals surface area contributed by atoms with Crippen LogP contribution in [0.15, 0.2) is 66.3 Å². The number of halogens is 6. The number of nitrogens with zero attached hydrogens (tertiary/aromatic N) is 4. The molecule has 0 atom stereocenters. The lowest BCUT2D eigenvalue weighted by Crippen LogP contribution is -2.46. The molecule has 1 aliphatic heterocycles. The van der Waals surface area contributed by atoms with Gasteiger partial charge in [-0.3, -0.25) is 4.90 Å². The number of carboxylic acids is 2. The highest BCUT2D eigenvalue weighted by Gasteiger charge is 2.38. The number of piperazine rings is 1. The molecule has 1 saturated heterocycles. The third-order valence-corrected chi connectivity index (χ3v) is 7.00. The number of thiophene rings is 1. The monoisotopic (exact) mass is 628 g/mol. The van der Waals surface area contributed by atoms with E-state index in [1.807, 2.05) is 0 Å². The number of benzene rings is 2. The van der Waals surface area contributed by atoms with Crippen LogP contribution in [0.25, 0.3) is 21.3 Å². The van der Waals surface area contributed by atoms with Crippen LogP contribution >= 0.6 is 11.3 Å². The number of aromatic nitrogens is 2. The van der Waals surface area contributed by atoms with E-state index < -0.39 is 24.3 Å². The van der Waals surface area contributed by atoms with Crippen LogP contribution in [0.5, 0.6) is 0 Å². The molecule has 0 radical (unpaired) electrons. The molecule has 0 saturated carbocycles. The highest BCUT2D eigenvalue weighted by molar-refractivity contribution is 7.17. The fraction of sp³-hybridized carbons (Fsp3) is 0.286. The van der Waals surface area contributed by atoms with Gasteiger partial charge in [0.1, 0.15) is 17.0 Å². The highest BCUT2D eigenvalue weighted by Crippen LogP contribution is 2.38. The van der Waals surface area contributed by atoms with Crippen molar-refractivity contribution in [2.75, 3.05) is 31.1 Å². The Morgan fingerprint density at radius 1 is 0.837 bits per heavy atom. The maximum Gasteiger partial charge on any atom is 0.490 e. The quantitative estimate of drug-likeness (QED) is 0.256. The van der Waals surface area contributed by atoms with Crippen molar-refractivity contribution in [1.29, 1.82) is 0 Å². The molecule has 0 aliphatic carbocycles. The molecule has 2 N–H and O–H groups in total. The minimum absolute atomic E-state index is 0.988. The van der Waals surface area contributed by atoms with Gasteiger partial charge in [0.05, 0.1) is 5.39 Å². The predicted molar refractivity (Wildman–Crippen MR) is 149 cm³/mol. The van der Waals surface area contributed by atoms with Crippen molar-refractivity contribution in [2.24, 2.45) is 0 Å². The molecule has 3 heterocycles. The van der Waals surface area contributed by atoms with E-state index in [1.54, 1.807) is 17.7 Å². The van der Waals surface area contributed by atoms with Crippen LogP contribution in [0.4, 0.5) is 32.2 Å². The topological polar surface area (TPSA) is 107 Å². The molecule has 4 aromatic rings. The van der Waals surface area contributed by atoms with Gasteiger partial charge in [-0.25, -0.2) is 19.6 Å². The number of alkyl halides is 6. The Kier molecular flexibility index (Phi) is 11.1. The van der Waals surface area contributed by atoms with Gasteiger partial charge >= 0.3 is 24.3 Å². The predicted octanol–water partition coefficient (Wildman–Crippen LogP) is 6.26. The average molecular weight is 629 g/mol. The van der Waals surface area contributed by atoms with E-state index in [9.17, 15) is 26.3 Å². The molecule has 2 aromatic heterocycles. The fourth-order valence-electron chi connectivity index (χ4n) is 4.00. The van der Waals surface area contributed by atoms with E-state index in [0.29, 0.717) is 0 Å². The van der Waals surface area contributed by atoms with E-state index in [2.05, 4.69) is 81.7 Å². The average Bonchev–Trinajstić information content (AvgIpc) is 3.39. The van der Waals surface area contributed by atoms with E-state index in [-0.39, 0.29) is 0 Å². The second-order valence-electron chi connectivity index (χ2n) is 9.25. The van der Waals surface area contributed by atoms with Crippen LogP contribution in [0.2, 0.25) is 0 Å². The highest BCUT2D eigenvalue weighted by atomic mass is 32.1. The third kappa shape index (κ3) is 9.64. The summed E-state index contributed by atoms with van der Waals surface area (Å²) in [5, 5.41) is 17.7. The summed E-state index contributed by atoms with van der Waals surface area (Å²) < 4.78 is 63.5. The van der Waals surface area contributed by atoms with Crippen LogP contribution in [0.1, 0.15) is 11.1 Å². The number of carboxylic acid groups (broad SMARTS) is 2. The molecule has 15 heteroatoms. The molecule has 0 spiro atoms. The zero-order valence-electron chi connectivity index (χ0n) is 22.6. The first-order valence-corrected chi connectivity index (χ1v) is 13.5. The molecule has 8 nitrogen and oxygen atoms in total. The number of rotatable bonds is 4. The van der Waals surface area contributed by atoms with Crippen molar-refractivity contribution in [3.63, 3.8) is 0 Å². The first kappa shape index (κ1) is 33.3. The second-order valence-corrected chi connectivity index (χ2v) is 10.1. The summed E-state index contributed by atoms with van der Waals surface area (Å²) >= 11 is 1.71. The number of carbonyl (C=O) groups is 2. The van der Waals surface area contributed by atoms with Crippen LogP contribution in [0, 0.1) is 6.92 Å². The SMILES string of the molecule is Cc1ccc(-c2csc3ncnc(N4CCN(Cc5ccccc5)CC4)c23)cc1.O=C(O)C(F)(F)F.O=C(O)C(F)(F)F. The molecule has 43 heavy (non-hydrogen) atoms. The molecule has 1 fully saturated rings. The molecule has 1 aliphatic rings. The van der Waals surface area contributed by atoms with Gasteiger partial charge < -0.3 is 15.1 Å². The largest absolute Gasteiger partial charge is 0.490 e. The van der Waals surface area contributed by atoms with Crippen molar-refractivity contribution in [3.05, 3.63) is 77.4 Å².